The quantitative estimate of drug-likeness (QED) is 0.942. The lowest BCUT2D eigenvalue weighted by molar-refractivity contribution is 0.587. The zero-order valence-corrected chi connectivity index (χ0v) is 13.0. The predicted molar refractivity (Wildman–Crippen MR) is 86.2 cm³/mol. The summed E-state index contributed by atoms with van der Waals surface area (Å²) in [6.45, 7) is 6.37. The van der Waals surface area contributed by atoms with Crippen LogP contribution in [0.1, 0.15) is 24.1 Å². The van der Waals surface area contributed by atoms with E-state index in [0.29, 0.717) is 5.92 Å². The van der Waals surface area contributed by atoms with Crippen molar-refractivity contribution in [2.45, 2.75) is 12.8 Å². The first-order valence-electron chi connectivity index (χ1n) is 6.90. The molecule has 106 valence electrons. The minimum atomic E-state index is 0.306. The number of thiazole rings is 1. The monoisotopic (exact) mass is 307 g/mol. The SMILES string of the molecule is CC(c1ccc(Cl)cc1)c1csc(N2CCNCC2)n1. The Balaban J connectivity index is 1.76. The Morgan fingerprint density at radius 3 is 2.65 bits per heavy atom. The summed E-state index contributed by atoms with van der Waals surface area (Å²) in [5.74, 6) is 0.306. The molecule has 3 rings (SSSR count). The summed E-state index contributed by atoms with van der Waals surface area (Å²) in [6, 6.07) is 8.04. The molecule has 1 aliphatic rings. The molecule has 1 fully saturated rings. The Morgan fingerprint density at radius 2 is 1.95 bits per heavy atom. The van der Waals surface area contributed by atoms with Gasteiger partial charge >= 0.3 is 0 Å². The number of hydrogen-bond acceptors (Lipinski definition) is 4. The van der Waals surface area contributed by atoms with E-state index >= 15 is 0 Å². The number of hydrogen-bond donors (Lipinski definition) is 1. The topological polar surface area (TPSA) is 28.2 Å². The number of rotatable bonds is 3. The summed E-state index contributed by atoms with van der Waals surface area (Å²) >= 11 is 7.69. The van der Waals surface area contributed by atoms with E-state index in [-0.39, 0.29) is 0 Å². The molecule has 1 atom stereocenters. The van der Waals surface area contributed by atoms with Crippen molar-refractivity contribution in [1.82, 2.24) is 10.3 Å². The summed E-state index contributed by atoms with van der Waals surface area (Å²) < 4.78 is 0. The molecule has 0 saturated carbocycles. The number of nitrogens with one attached hydrogen (secondary N) is 1. The molecule has 0 radical (unpaired) electrons. The normalized spacial score (nSPS) is 17.2. The first-order valence-corrected chi connectivity index (χ1v) is 8.16. The Bertz CT molecular complexity index is 561. The fourth-order valence-corrected chi connectivity index (χ4v) is 3.50. The first kappa shape index (κ1) is 13.9. The van der Waals surface area contributed by atoms with Crippen LogP contribution in [0, 0.1) is 0 Å². The second kappa shape index (κ2) is 6.12. The van der Waals surface area contributed by atoms with Crippen LogP contribution in [0.2, 0.25) is 5.02 Å². The Hall–Kier alpha value is -1.10. The van der Waals surface area contributed by atoms with Gasteiger partial charge in [0.2, 0.25) is 0 Å². The van der Waals surface area contributed by atoms with Gasteiger partial charge in [0.25, 0.3) is 0 Å². The molecule has 0 bridgehead atoms. The zero-order chi connectivity index (χ0) is 13.9. The van der Waals surface area contributed by atoms with Gasteiger partial charge in [0.15, 0.2) is 5.13 Å². The number of benzene rings is 1. The van der Waals surface area contributed by atoms with Crippen molar-refractivity contribution < 1.29 is 0 Å². The molecule has 3 nitrogen and oxygen atoms in total. The number of piperazine rings is 1. The molecule has 20 heavy (non-hydrogen) atoms. The lowest BCUT2D eigenvalue weighted by Gasteiger charge is -2.26. The predicted octanol–water partition coefficient (Wildman–Crippen LogP) is 3.36. The zero-order valence-electron chi connectivity index (χ0n) is 11.5. The van der Waals surface area contributed by atoms with Gasteiger partial charge in [-0.2, -0.15) is 0 Å². The highest BCUT2D eigenvalue weighted by molar-refractivity contribution is 7.13. The average molecular weight is 308 g/mol. The summed E-state index contributed by atoms with van der Waals surface area (Å²) in [6.07, 6.45) is 0. The van der Waals surface area contributed by atoms with Crippen LogP contribution in [0.3, 0.4) is 0 Å². The van der Waals surface area contributed by atoms with E-state index < -0.39 is 0 Å². The van der Waals surface area contributed by atoms with Crippen LogP contribution >= 0.6 is 22.9 Å². The third-order valence-corrected chi connectivity index (χ3v) is 4.88. The van der Waals surface area contributed by atoms with E-state index in [1.54, 1.807) is 11.3 Å². The molecular formula is C15H18ClN3S. The van der Waals surface area contributed by atoms with Crippen LogP contribution in [0.15, 0.2) is 29.6 Å². The van der Waals surface area contributed by atoms with Gasteiger partial charge in [-0.15, -0.1) is 11.3 Å². The van der Waals surface area contributed by atoms with Crippen molar-refractivity contribution >= 4 is 28.1 Å². The Labute approximate surface area is 128 Å². The van der Waals surface area contributed by atoms with Gasteiger partial charge in [0, 0.05) is 42.5 Å². The maximum Gasteiger partial charge on any atom is 0.185 e. The van der Waals surface area contributed by atoms with Gasteiger partial charge in [0.05, 0.1) is 5.69 Å². The van der Waals surface area contributed by atoms with Gasteiger partial charge in [-0.1, -0.05) is 30.7 Å². The largest absolute Gasteiger partial charge is 0.346 e. The van der Waals surface area contributed by atoms with Crippen molar-refractivity contribution in [3.05, 3.63) is 45.9 Å². The van der Waals surface area contributed by atoms with Gasteiger partial charge in [-0.05, 0) is 17.7 Å². The molecule has 0 aliphatic carbocycles. The summed E-state index contributed by atoms with van der Waals surface area (Å²) in [5.41, 5.74) is 2.40. The highest BCUT2D eigenvalue weighted by Crippen LogP contribution is 2.29. The van der Waals surface area contributed by atoms with Crippen molar-refractivity contribution in [1.29, 1.82) is 0 Å². The molecule has 1 aromatic carbocycles. The van der Waals surface area contributed by atoms with Gasteiger partial charge in [0.1, 0.15) is 0 Å². The van der Waals surface area contributed by atoms with Crippen LogP contribution in [-0.2, 0) is 0 Å². The van der Waals surface area contributed by atoms with E-state index in [2.05, 4.69) is 34.7 Å². The lowest BCUT2D eigenvalue weighted by atomic mass is 9.99. The van der Waals surface area contributed by atoms with Gasteiger partial charge in [-0.3, -0.25) is 0 Å². The van der Waals surface area contributed by atoms with E-state index in [4.69, 9.17) is 16.6 Å². The van der Waals surface area contributed by atoms with E-state index in [0.717, 1.165) is 42.0 Å². The van der Waals surface area contributed by atoms with Crippen molar-refractivity contribution in [2.75, 3.05) is 31.1 Å². The fraction of sp³-hybridized carbons (Fsp3) is 0.400. The fourth-order valence-electron chi connectivity index (χ4n) is 2.40. The summed E-state index contributed by atoms with van der Waals surface area (Å²) in [4.78, 5) is 7.18. The van der Waals surface area contributed by atoms with Crippen molar-refractivity contribution in [2.24, 2.45) is 0 Å². The minimum absolute atomic E-state index is 0.306. The van der Waals surface area contributed by atoms with Crippen LogP contribution in [0.5, 0.6) is 0 Å². The van der Waals surface area contributed by atoms with Crippen molar-refractivity contribution in [3.63, 3.8) is 0 Å². The van der Waals surface area contributed by atoms with Crippen LogP contribution in [0.25, 0.3) is 0 Å². The molecule has 0 spiro atoms. The van der Waals surface area contributed by atoms with Crippen LogP contribution < -0.4 is 10.2 Å². The maximum absolute atomic E-state index is 5.94. The van der Waals surface area contributed by atoms with Gasteiger partial charge in [-0.25, -0.2) is 4.98 Å². The van der Waals surface area contributed by atoms with Crippen LogP contribution in [0.4, 0.5) is 5.13 Å². The Kier molecular flexibility index (Phi) is 4.24. The molecule has 1 aliphatic heterocycles. The van der Waals surface area contributed by atoms with E-state index in [1.165, 1.54) is 5.56 Å². The number of nitrogens with zero attached hydrogens (tertiary/aromatic N) is 2. The van der Waals surface area contributed by atoms with Crippen LogP contribution in [-0.4, -0.2) is 31.2 Å². The number of halogens is 1. The van der Waals surface area contributed by atoms with E-state index in [9.17, 15) is 0 Å². The highest BCUT2D eigenvalue weighted by Gasteiger charge is 2.17. The smallest absolute Gasteiger partial charge is 0.185 e. The first-order chi connectivity index (χ1) is 9.74. The molecule has 1 unspecified atom stereocenters. The molecule has 1 N–H and O–H groups in total. The molecule has 2 heterocycles. The summed E-state index contributed by atoms with van der Waals surface area (Å²) in [7, 11) is 0. The number of aromatic nitrogens is 1. The molecule has 1 saturated heterocycles. The van der Waals surface area contributed by atoms with Crippen molar-refractivity contribution in [3.8, 4) is 0 Å². The minimum Gasteiger partial charge on any atom is -0.346 e. The summed E-state index contributed by atoms with van der Waals surface area (Å²) in [5, 5.41) is 7.46. The second-order valence-electron chi connectivity index (χ2n) is 5.07. The standard InChI is InChI=1S/C15H18ClN3S/c1-11(12-2-4-13(16)5-3-12)14-10-20-15(18-14)19-8-6-17-7-9-19/h2-5,10-11,17H,6-9H2,1H3. The third-order valence-electron chi connectivity index (χ3n) is 3.71. The molecule has 1 aromatic heterocycles. The molecule has 2 aromatic rings. The molecular weight excluding hydrogens is 290 g/mol. The Morgan fingerprint density at radius 1 is 1.25 bits per heavy atom. The average Bonchev–Trinajstić information content (AvgIpc) is 2.98. The molecule has 5 heteroatoms. The van der Waals surface area contributed by atoms with E-state index in [1.807, 2.05) is 12.1 Å². The second-order valence-corrected chi connectivity index (χ2v) is 6.34. The molecule has 0 amide bonds. The lowest BCUT2D eigenvalue weighted by Crippen LogP contribution is -2.43. The van der Waals surface area contributed by atoms with Gasteiger partial charge < -0.3 is 10.2 Å². The number of anilines is 1. The highest BCUT2D eigenvalue weighted by atomic mass is 35.5. The maximum atomic E-state index is 5.94. The third kappa shape index (κ3) is 2.97.